The highest BCUT2D eigenvalue weighted by Crippen LogP contribution is 2.28. The molecule has 3 aromatic heterocycles. The van der Waals surface area contributed by atoms with Gasteiger partial charge in [-0.25, -0.2) is 19.9 Å². The molecule has 9 heteroatoms. The Morgan fingerprint density at radius 3 is 2.25 bits per heavy atom. The molecule has 0 saturated carbocycles. The monoisotopic (exact) mass is 376 g/mol. The van der Waals surface area contributed by atoms with Gasteiger partial charge in [0, 0.05) is 18.1 Å². The zero-order valence-electron chi connectivity index (χ0n) is 15.9. The maximum atomic E-state index is 9.47. The van der Waals surface area contributed by atoms with E-state index in [2.05, 4.69) is 19.9 Å². The van der Waals surface area contributed by atoms with E-state index in [4.69, 9.17) is 5.73 Å². The molecule has 142 valence electrons. The van der Waals surface area contributed by atoms with E-state index in [0.717, 1.165) is 11.3 Å². The fourth-order valence-corrected chi connectivity index (χ4v) is 2.73. The number of pyridine rings is 1. The Bertz CT molecular complexity index is 1100. The van der Waals surface area contributed by atoms with Gasteiger partial charge in [0.05, 0.1) is 5.59 Å². The maximum absolute atomic E-state index is 9.47. The number of nitrogen functional groups attached to an aromatic ring is 1. The van der Waals surface area contributed by atoms with Crippen molar-refractivity contribution < 1.29 is 10.0 Å². The lowest BCUT2D eigenvalue weighted by atomic mass is 9.86. The highest BCUT2D eigenvalue weighted by atomic mass is 16.4. The quantitative estimate of drug-likeness (QED) is 0.463. The van der Waals surface area contributed by atoms with Crippen LogP contribution >= 0.6 is 0 Å². The summed E-state index contributed by atoms with van der Waals surface area (Å²) in [5.41, 5.74) is 9.51. The van der Waals surface area contributed by atoms with Gasteiger partial charge in [0.2, 0.25) is 0 Å². The van der Waals surface area contributed by atoms with Crippen LogP contribution in [0.1, 0.15) is 19.4 Å². The van der Waals surface area contributed by atoms with Gasteiger partial charge in [-0.15, -0.1) is 0 Å². The second kappa shape index (κ2) is 8.16. The molecular weight excluding hydrogens is 355 g/mol. The predicted octanol–water partition coefficient (Wildman–Crippen LogP) is 1.47. The molecule has 0 aliphatic carbocycles. The Kier molecular flexibility index (Phi) is 5.67. The van der Waals surface area contributed by atoms with Crippen molar-refractivity contribution in [1.29, 1.82) is 0 Å². The van der Waals surface area contributed by atoms with Crippen molar-refractivity contribution in [2.24, 2.45) is 0 Å². The van der Waals surface area contributed by atoms with Crippen molar-refractivity contribution >= 4 is 29.7 Å². The number of imidazole rings is 1. The van der Waals surface area contributed by atoms with Crippen molar-refractivity contribution in [2.45, 2.75) is 20.8 Å². The van der Waals surface area contributed by atoms with Gasteiger partial charge in [0.15, 0.2) is 17.3 Å². The van der Waals surface area contributed by atoms with E-state index in [0.29, 0.717) is 22.7 Å². The van der Waals surface area contributed by atoms with Crippen LogP contribution in [0.2, 0.25) is 0 Å². The van der Waals surface area contributed by atoms with Crippen LogP contribution in [-0.2, 0) is 0 Å². The summed E-state index contributed by atoms with van der Waals surface area (Å²) < 4.78 is 1.78. The number of hydrogen-bond acceptors (Lipinski definition) is 7. The molecular formula is C19H21BN6O2. The molecule has 0 atom stereocenters. The first-order valence-electron chi connectivity index (χ1n) is 8.94. The van der Waals surface area contributed by atoms with Crippen LogP contribution < -0.4 is 11.3 Å². The Morgan fingerprint density at radius 2 is 1.61 bits per heavy atom. The second-order valence-corrected chi connectivity index (χ2v) is 5.85. The van der Waals surface area contributed by atoms with Crippen LogP contribution in [0.4, 0.5) is 5.82 Å². The van der Waals surface area contributed by atoms with E-state index in [1.807, 2.05) is 45.0 Å². The largest absolute Gasteiger partial charge is 0.508 e. The summed E-state index contributed by atoms with van der Waals surface area (Å²) in [5, 5.41) is 18.9. The third-order valence-corrected chi connectivity index (χ3v) is 4.02. The zero-order chi connectivity index (χ0) is 20.3. The van der Waals surface area contributed by atoms with E-state index in [1.54, 1.807) is 16.8 Å². The number of rotatable bonds is 3. The molecule has 4 aromatic rings. The fraction of sp³-hybridized carbons (Fsp3) is 0.158. The summed E-state index contributed by atoms with van der Waals surface area (Å²) in [6, 6.07) is 11.0. The third-order valence-electron chi connectivity index (χ3n) is 4.02. The van der Waals surface area contributed by atoms with Gasteiger partial charge in [0.25, 0.3) is 0 Å². The second-order valence-electron chi connectivity index (χ2n) is 5.85. The standard InChI is InChI=1S/C17H15BN6O2.C2H6/c1-10-2-4-11(5-3-10)24-16-12(6-7-13(23-16)18(25)26)22-17(24)14-15(19)21-9-8-20-14;1-2/h2-9,25-26H,1H3,(H2,19,21);1-2H3. The average molecular weight is 376 g/mol. The van der Waals surface area contributed by atoms with E-state index >= 15 is 0 Å². The summed E-state index contributed by atoms with van der Waals surface area (Å²) in [4.78, 5) is 17.3. The average Bonchev–Trinajstić information content (AvgIpc) is 3.09. The molecule has 0 fully saturated rings. The zero-order valence-corrected chi connectivity index (χ0v) is 15.9. The number of aromatic nitrogens is 5. The molecule has 4 N–H and O–H groups in total. The van der Waals surface area contributed by atoms with E-state index in [-0.39, 0.29) is 11.4 Å². The minimum atomic E-state index is -1.68. The Hall–Kier alpha value is -3.30. The summed E-state index contributed by atoms with van der Waals surface area (Å²) in [6.45, 7) is 6.00. The van der Waals surface area contributed by atoms with Crippen LogP contribution in [0.3, 0.4) is 0 Å². The SMILES string of the molecule is CC.Cc1ccc(-n2c(-c3nccnc3N)nc3ccc(B(O)O)nc32)cc1. The first-order valence-corrected chi connectivity index (χ1v) is 8.94. The minimum absolute atomic E-state index is 0.129. The van der Waals surface area contributed by atoms with E-state index in [1.165, 1.54) is 12.3 Å². The smallest absolute Gasteiger partial charge is 0.422 e. The normalized spacial score (nSPS) is 10.5. The summed E-state index contributed by atoms with van der Waals surface area (Å²) in [5.74, 6) is 0.727. The number of benzene rings is 1. The number of fused-ring (bicyclic) bond motifs is 1. The number of aryl methyl sites for hydroxylation is 1. The Balaban J connectivity index is 0.00000109. The lowest BCUT2D eigenvalue weighted by Crippen LogP contribution is -2.32. The topological polar surface area (TPSA) is 123 Å². The molecule has 0 amide bonds. The van der Waals surface area contributed by atoms with Crippen molar-refractivity contribution in [1.82, 2.24) is 24.5 Å². The summed E-state index contributed by atoms with van der Waals surface area (Å²) in [6.07, 6.45) is 3.05. The number of nitrogens with zero attached hydrogens (tertiary/aromatic N) is 5. The van der Waals surface area contributed by atoms with E-state index < -0.39 is 7.12 Å². The first-order chi connectivity index (χ1) is 13.5. The van der Waals surface area contributed by atoms with Crippen molar-refractivity contribution in [2.75, 3.05) is 5.73 Å². The number of nitrogens with two attached hydrogens (primary N) is 1. The number of hydrogen-bond donors (Lipinski definition) is 3. The van der Waals surface area contributed by atoms with Crippen molar-refractivity contribution in [3.05, 3.63) is 54.4 Å². The van der Waals surface area contributed by atoms with Gasteiger partial charge < -0.3 is 15.8 Å². The van der Waals surface area contributed by atoms with Gasteiger partial charge >= 0.3 is 7.12 Å². The Labute approximate surface area is 162 Å². The van der Waals surface area contributed by atoms with Crippen LogP contribution in [-0.4, -0.2) is 41.7 Å². The molecule has 0 aliphatic heterocycles. The lowest BCUT2D eigenvalue weighted by Gasteiger charge is -2.10. The van der Waals surface area contributed by atoms with Crippen molar-refractivity contribution in [3.63, 3.8) is 0 Å². The van der Waals surface area contributed by atoms with Gasteiger partial charge in [-0.3, -0.25) is 4.57 Å². The molecule has 8 nitrogen and oxygen atoms in total. The highest BCUT2D eigenvalue weighted by molar-refractivity contribution is 6.57. The van der Waals surface area contributed by atoms with Crippen LogP contribution in [0, 0.1) is 6.92 Å². The molecule has 0 aliphatic rings. The molecule has 28 heavy (non-hydrogen) atoms. The molecule has 0 spiro atoms. The van der Waals surface area contributed by atoms with E-state index in [9.17, 15) is 10.0 Å². The molecule has 3 heterocycles. The first kappa shape index (κ1) is 19.5. The van der Waals surface area contributed by atoms with Crippen LogP contribution in [0.15, 0.2) is 48.8 Å². The van der Waals surface area contributed by atoms with Crippen LogP contribution in [0.5, 0.6) is 0 Å². The highest BCUT2D eigenvalue weighted by Gasteiger charge is 2.21. The Morgan fingerprint density at radius 1 is 0.929 bits per heavy atom. The van der Waals surface area contributed by atoms with Gasteiger partial charge in [-0.2, -0.15) is 0 Å². The number of anilines is 1. The summed E-state index contributed by atoms with van der Waals surface area (Å²) >= 11 is 0. The third kappa shape index (κ3) is 3.57. The molecule has 1 aromatic carbocycles. The molecule has 0 radical (unpaired) electrons. The van der Waals surface area contributed by atoms with Gasteiger partial charge in [0.1, 0.15) is 11.2 Å². The fourth-order valence-electron chi connectivity index (χ4n) is 2.73. The predicted molar refractivity (Wildman–Crippen MR) is 110 cm³/mol. The minimum Gasteiger partial charge on any atom is -0.422 e. The molecule has 0 bridgehead atoms. The molecule has 4 rings (SSSR count). The van der Waals surface area contributed by atoms with Crippen LogP contribution in [0.25, 0.3) is 28.4 Å². The van der Waals surface area contributed by atoms with Gasteiger partial charge in [-0.05, 0) is 31.2 Å². The molecule has 0 saturated heterocycles. The summed E-state index contributed by atoms with van der Waals surface area (Å²) in [7, 11) is -1.68. The van der Waals surface area contributed by atoms with Gasteiger partial charge in [-0.1, -0.05) is 31.5 Å². The maximum Gasteiger partial charge on any atom is 0.508 e. The van der Waals surface area contributed by atoms with Crippen molar-refractivity contribution in [3.8, 4) is 17.2 Å². The lowest BCUT2D eigenvalue weighted by molar-refractivity contribution is 0.424. The molecule has 0 unspecified atom stereocenters.